The molecule has 0 spiro atoms. The Kier molecular flexibility index (Phi) is 2.69. The van der Waals surface area contributed by atoms with Gasteiger partial charge in [-0.3, -0.25) is 4.79 Å². The maximum Gasteiger partial charge on any atom is 0.254 e. The molecule has 17 heavy (non-hydrogen) atoms. The average molecular weight is 238 g/mol. The smallest absolute Gasteiger partial charge is 0.254 e. The molecule has 5 heteroatoms. The van der Waals surface area contributed by atoms with E-state index in [1.165, 1.54) is 18.9 Å². The van der Waals surface area contributed by atoms with Crippen LogP contribution in [0.25, 0.3) is 0 Å². The highest BCUT2D eigenvalue weighted by Crippen LogP contribution is 2.28. The van der Waals surface area contributed by atoms with Crippen molar-refractivity contribution in [3.63, 3.8) is 0 Å². The molecule has 1 aliphatic rings. The highest BCUT2D eigenvalue weighted by molar-refractivity contribution is 5.96. The lowest BCUT2D eigenvalue weighted by Gasteiger charge is -2.42. The van der Waals surface area contributed by atoms with Gasteiger partial charge in [-0.2, -0.15) is 0 Å². The van der Waals surface area contributed by atoms with Crippen molar-refractivity contribution in [3.8, 4) is 5.75 Å². The van der Waals surface area contributed by atoms with Gasteiger partial charge in [0.1, 0.15) is 11.4 Å². The minimum atomic E-state index is -1.26. The summed E-state index contributed by atoms with van der Waals surface area (Å²) in [6.45, 7) is 1.76. The van der Waals surface area contributed by atoms with Gasteiger partial charge in [0.05, 0.1) is 25.9 Å². The maximum absolute atomic E-state index is 13.3. The van der Waals surface area contributed by atoms with Crippen molar-refractivity contribution in [2.75, 3.05) is 25.9 Å². The second-order valence-electron chi connectivity index (χ2n) is 4.53. The molecular formula is C12H15FN2O2. The van der Waals surface area contributed by atoms with Crippen molar-refractivity contribution in [3.05, 3.63) is 23.8 Å². The quantitative estimate of drug-likeness (QED) is 0.794. The zero-order valence-electron chi connectivity index (χ0n) is 9.87. The van der Waals surface area contributed by atoms with Crippen LogP contribution in [0.4, 0.5) is 10.1 Å². The van der Waals surface area contributed by atoms with Crippen molar-refractivity contribution in [2.45, 2.75) is 12.6 Å². The summed E-state index contributed by atoms with van der Waals surface area (Å²) < 4.78 is 18.3. The third-order valence-electron chi connectivity index (χ3n) is 2.81. The lowest BCUT2D eigenvalue weighted by atomic mass is 9.98. The number of benzene rings is 1. The van der Waals surface area contributed by atoms with E-state index in [1.807, 2.05) is 0 Å². The monoisotopic (exact) mass is 238 g/mol. The fraction of sp³-hybridized carbons (Fsp3) is 0.417. The number of alkyl halides is 1. The number of likely N-dealkylation sites (tertiary alicyclic amines) is 1. The molecule has 0 atom stereocenters. The Labute approximate surface area is 99.2 Å². The summed E-state index contributed by atoms with van der Waals surface area (Å²) in [5, 5.41) is 0. The highest BCUT2D eigenvalue weighted by Gasteiger charge is 2.41. The van der Waals surface area contributed by atoms with E-state index >= 15 is 0 Å². The second-order valence-corrected chi connectivity index (χ2v) is 4.53. The van der Waals surface area contributed by atoms with Gasteiger partial charge >= 0.3 is 0 Å². The number of nitrogens with two attached hydrogens (primary N) is 1. The van der Waals surface area contributed by atoms with Gasteiger partial charge in [0.15, 0.2) is 0 Å². The topological polar surface area (TPSA) is 55.6 Å². The molecule has 92 valence electrons. The van der Waals surface area contributed by atoms with Crippen LogP contribution in [0.15, 0.2) is 18.2 Å². The first-order chi connectivity index (χ1) is 7.93. The van der Waals surface area contributed by atoms with Crippen molar-refractivity contribution in [2.24, 2.45) is 0 Å². The Balaban J connectivity index is 2.15. The van der Waals surface area contributed by atoms with E-state index in [2.05, 4.69) is 0 Å². The normalized spacial score (nSPS) is 17.5. The van der Waals surface area contributed by atoms with Crippen LogP contribution in [-0.2, 0) is 0 Å². The number of carbonyl (C=O) groups is 1. The molecule has 0 unspecified atom stereocenters. The zero-order chi connectivity index (χ0) is 12.6. The highest BCUT2D eigenvalue weighted by atomic mass is 19.1. The number of nitrogen functional groups attached to an aromatic ring is 1. The molecule has 1 aromatic rings. The third-order valence-corrected chi connectivity index (χ3v) is 2.81. The molecule has 2 N–H and O–H groups in total. The number of carbonyl (C=O) groups excluding carboxylic acids is 1. The van der Waals surface area contributed by atoms with Gasteiger partial charge in [0.25, 0.3) is 5.91 Å². The van der Waals surface area contributed by atoms with Crippen LogP contribution in [0, 0.1) is 0 Å². The predicted molar refractivity (Wildman–Crippen MR) is 62.8 cm³/mol. The van der Waals surface area contributed by atoms with Crippen LogP contribution >= 0.6 is 0 Å². The number of hydrogen-bond acceptors (Lipinski definition) is 3. The van der Waals surface area contributed by atoms with Gasteiger partial charge < -0.3 is 15.4 Å². The van der Waals surface area contributed by atoms with Crippen LogP contribution in [0.1, 0.15) is 17.3 Å². The number of nitrogens with zero attached hydrogens (tertiary/aromatic N) is 1. The molecule has 1 fully saturated rings. The molecule has 1 saturated heterocycles. The Bertz CT molecular complexity index is 452. The largest absolute Gasteiger partial charge is 0.495 e. The third kappa shape index (κ3) is 2.18. The van der Waals surface area contributed by atoms with E-state index < -0.39 is 5.67 Å². The first-order valence-corrected chi connectivity index (χ1v) is 5.35. The molecule has 0 bridgehead atoms. The van der Waals surface area contributed by atoms with Crippen LogP contribution in [0.3, 0.4) is 0 Å². The van der Waals surface area contributed by atoms with Crippen molar-refractivity contribution in [1.82, 2.24) is 4.90 Å². The van der Waals surface area contributed by atoms with Gasteiger partial charge in [-0.05, 0) is 25.1 Å². The van der Waals surface area contributed by atoms with Gasteiger partial charge in [-0.25, -0.2) is 4.39 Å². The molecule has 1 heterocycles. The van der Waals surface area contributed by atoms with E-state index in [4.69, 9.17) is 10.5 Å². The Morgan fingerprint density at radius 1 is 1.53 bits per heavy atom. The van der Waals surface area contributed by atoms with Crippen molar-refractivity contribution < 1.29 is 13.9 Å². The van der Waals surface area contributed by atoms with Crippen LogP contribution in [0.2, 0.25) is 0 Å². The first kappa shape index (κ1) is 11.7. The molecule has 2 rings (SSSR count). The Hall–Kier alpha value is -1.78. The van der Waals surface area contributed by atoms with Crippen molar-refractivity contribution in [1.29, 1.82) is 0 Å². The minimum absolute atomic E-state index is 0.137. The Morgan fingerprint density at radius 3 is 2.71 bits per heavy atom. The number of anilines is 1. The second kappa shape index (κ2) is 3.91. The number of amides is 1. The fourth-order valence-electron chi connectivity index (χ4n) is 1.92. The van der Waals surface area contributed by atoms with E-state index in [1.54, 1.807) is 18.2 Å². The summed E-state index contributed by atoms with van der Waals surface area (Å²) >= 11 is 0. The summed E-state index contributed by atoms with van der Waals surface area (Å²) in [6.07, 6.45) is 0. The fourth-order valence-corrected chi connectivity index (χ4v) is 1.92. The molecule has 1 amide bonds. The number of rotatable bonds is 2. The molecule has 1 aromatic carbocycles. The summed E-state index contributed by atoms with van der Waals surface area (Å²) in [4.78, 5) is 13.4. The summed E-state index contributed by atoms with van der Waals surface area (Å²) in [6, 6.07) is 4.81. The number of methoxy groups -OCH3 is 1. The summed E-state index contributed by atoms with van der Waals surface area (Å²) in [5.74, 6) is 0.262. The molecular weight excluding hydrogens is 223 g/mol. The van der Waals surface area contributed by atoms with Crippen LogP contribution < -0.4 is 10.5 Å². The lowest BCUT2D eigenvalue weighted by Crippen LogP contribution is -2.59. The van der Waals surface area contributed by atoms with E-state index in [9.17, 15) is 9.18 Å². The van der Waals surface area contributed by atoms with E-state index in [0.717, 1.165) is 0 Å². The molecule has 0 saturated carbocycles. The summed E-state index contributed by atoms with van der Waals surface area (Å²) in [7, 11) is 1.49. The van der Waals surface area contributed by atoms with Gasteiger partial charge in [0, 0.05) is 5.56 Å². The lowest BCUT2D eigenvalue weighted by molar-refractivity contribution is -0.00786. The SMILES string of the molecule is COc1cc(C(=O)N2CC(C)(F)C2)ccc1N. The summed E-state index contributed by atoms with van der Waals surface area (Å²) in [5.41, 5.74) is 5.34. The van der Waals surface area contributed by atoms with Gasteiger partial charge in [-0.1, -0.05) is 0 Å². The Morgan fingerprint density at radius 2 is 2.18 bits per heavy atom. The molecule has 1 aliphatic heterocycles. The average Bonchev–Trinajstić information content (AvgIpc) is 2.25. The molecule has 0 radical (unpaired) electrons. The van der Waals surface area contributed by atoms with Crippen LogP contribution in [0.5, 0.6) is 5.75 Å². The predicted octanol–water partition coefficient (Wildman–Crippen LogP) is 1.46. The van der Waals surface area contributed by atoms with Gasteiger partial charge in [-0.15, -0.1) is 0 Å². The molecule has 0 aromatic heterocycles. The molecule has 0 aliphatic carbocycles. The van der Waals surface area contributed by atoms with Crippen molar-refractivity contribution >= 4 is 11.6 Å². The van der Waals surface area contributed by atoms with Crippen LogP contribution in [-0.4, -0.2) is 36.7 Å². The molecule has 4 nitrogen and oxygen atoms in total. The number of halogens is 1. The van der Waals surface area contributed by atoms with E-state index in [-0.39, 0.29) is 19.0 Å². The van der Waals surface area contributed by atoms with Gasteiger partial charge in [0.2, 0.25) is 0 Å². The maximum atomic E-state index is 13.3. The minimum Gasteiger partial charge on any atom is -0.495 e. The number of ether oxygens (including phenoxy) is 1. The zero-order valence-corrected chi connectivity index (χ0v) is 9.87. The number of hydrogen-bond donors (Lipinski definition) is 1. The standard InChI is InChI=1S/C12H15FN2O2/c1-12(13)6-15(7-12)11(16)8-3-4-9(14)10(5-8)17-2/h3-5H,6-7,14H2,1-2H3. The van der Waals surface area contributed by atoms with E-state index in [0.29, 0.717) is 17.0 Å². The first-order valence-electron chi connectivity index (χ1n) is 5.35.